The van der Waals surface area contributed by atoms with E-state index in [-0.39, 0.29) is 11.9 Å². The first kappa shape index (κ1) is 16.5. The molecule has 27 heavy (non-hydrogen) atoms. The van der Waals surface area contributed by atoms with Gasteiger partial charge in [0.2, 0.25) is 0 Å². The Morgan fingerprint density at radius 2 is 2.00 bits per heavy atom. The van der Waals surface area contributed by atoms with Crippen molar-refractivity contribution in [2.75, 3.05) is 6.54 Å². The quantitative estimate of drug-likeness (QED) is 0.688. The van der Waals surface area contributed by atoms with Crippen molar-refractivity contribution in [1.29, 1.82) is 0 Å². The van der Waals surface area contributed by atoms with Gasteiger partial charge in [-0.15, -0.1) is 10.2 Å². The molecule has 140 valence electrons. The zero-order chi connectivity index (χ0) is 18.4. The van der Waals surface area contributed by atoms with Crippen LogP contribution in [-0.4, -0.2) is 32.1 Å². The minimum absolute atomic E-state index is 0.00976. The molecule has 4 heterocycles. The molecule has 2 aliphatic heterocycles. The van der Waals surface area contributed by atoms with Crippen molar-refractivity contribution in [3.63, 3.8) is 0 Å². The number of aryl methyl sites for hydroxylation is 2. The average Bonchev–Trinajstić information content (AvgIpc) is 3.35. The van der Waals surface area contributed by atoms with E-state index in [0.717, 1.165) is 67.0 Å². The summed E-state index contributed by atoms with van der Waals surface area (Å²) in [7, 11) is 0. The second-order valence-electron chi connectivity index (χ2n) is 7.65. The van der Waals surface area contributed by atoms with Crippen LogP contribution in [0.3, 0.4) is 0 Å². The maximum absolute atomic E-state index is 13.4. The van der Waals surface area contributed by atoms with Crippen LogP contribution in [-0.2, 0) is 13.0 Å². The first-order valence-corrected chi connectivity index (χ1v) is 9.95. The van der Waals surface area contributed by atoms with Crippen LogP contribution in [0.2, 0.25) is 0 Å². The van der Waals surface area contributed by atoms with Gasteiger partial charge < -0.3 is 13.9 Å². The highest BCUT2D eigenvalue weighted by atomic mass is 16.3. The molecule has 0 saturated carbocycles. The van der Waals surface area contributed by atoms with Crippen molar-refractivity contribution < 1.29 is 9.21 Å². The fourth-order valence-electron chi connectivity index (χ4n) is 4.54. The summed E-state index contributed by atoms with van der Waals surface area (Å²) in [4.78, 5) is 15.3. The topological polar surface area (TPSA) is 64.2 Å². The summed E-state index contributed by atoms with van der Waals surface area (Å²) in [5, 5.41) is 9.94. The van der Waals surface area contributed by atoms with Crippen molar-refractivity contribution in [1.82, 2.24) is 19.7 Å². The molecule has 0 radical (unpaired) electrons. The lowest BCUT2D eigenvalue weighted by molar-refractivity contribution is 0.0696. The highest BCUT2D eigenvalue weighted by molar-refractivity contribution is 5.99. The fraction of sp³-hybridized carbons (Fsp3) is 0.476. The number of hydrogen-bond donors (Lipinski definition) is 0. The van der Waals surface area contributed by atoms with Gasteiger partial charge in [0.1, 0.15) is 11.4 Å². The van der Waals surface area contributed by atoms with Gasteiger partial charge in [-0.2, -0.15) is 0 Å². The molecule has 1 atom stereocenters. The Morgan fingerprint density at radius 3 is 2.89 bits per heavy atom. The van der Waals surface area contributed by atoms with Gasteiger partial charge in [0.05, 0.1) is 6.04 Å². The van der Waals surface area contributed by atoms with Crippen LogP contribution in [0.5, 0.6) is 0 Å². The number of carbonyl (C=O) groups is 1. The smallest absolute Gasteiger partial charge is 0.290 e. The number of furan rings is 1. The molecule has 6 heteroatoms. The van der Waals surface area contributed by atoms with Crippen molar-refractivity contribution in [2.45, 2.75) is 58.0 Å². The van der Waals surface area contributed by atoms with Crippen LogP contribution in [0.15, 0.2) is 28.7 Å². The van der Waals surface area contributed by atoms with E-state index in [4.69, 9.17) is 4.42 Å². The van der Waals surface area contributed by atoms with Gasteiger partial charge in [-0.05, 0) is 38.7 Å². The molecule has 0 bridgehead atoms. The molecule has 2 aliphatic rings. The van der Waals surface area contributed by atoms with E-state index in [1.54, 1.807) is 0 Å². The van der Waals surface area contributed by atoms with Gasteiger partial charge >= 0.3 is 0 Å². The Labute approximate surface area is 158 Å². The van der Waals surface area contributed by atoms with Crippen LogP contribution in [0.1, 0.15) is 65.9 Å². The van der Waals surface area contributed by atoms with Crippen LogP contribution in [0.25, 0.3) is 11.0 Å². The maximum atomic E-state index is 13.4. The second-order valence-corrected chi connectivity index (χ2v) is 7.65. The number of fused-ring (bicyclic) bond motifs is 2. The number of nitrogens with zero attached hydrogens (tertiary/aromatic N) is 4. The number of aromatic nitrogens is 3. The molecule has 1 saturated heterocycles. The minimum atomic E-state index is -0.0304. The highest BCUT2D eigenvalue weighted by Crippen LogP contribution is 2.35. The van der Waals surface area contributed by atoms with Gasteiger partial charge in [0.15, 0.2) is 11.6 Å². The molecule has 1 fully saturated rings. The monoisotopic (exact) mass is 364 g/mol. The molecule has 1 amide bonds. The van der Waals surface area contributed by atoms with Crippen LogP contribution < -0.4 is 0 Å². The third-order valence-electron chi connectivity index (χ3n) is 5.99. The summed E-state index contributed by atoms with van der Waals surface area (Å²) in [6.07, 6.45) is 6.46. The van der Waals surface area contributed by atoms with Gasteiger partial charge in [-0.3, -0.25) is 4.79 Å². The Morgan fingerprint density at radius 1 is 1.11 bits per heavy atom. The number of hydrogen-bond acceptors (Lipinski definition) is 4. The molecule has 3 aromatic rings. The van der Waals surface area contributed by atoms with E-state index < -0.39 is 0 Å². The molecule has 0 spiro atoms. The Balaban J connectivity index is 1.50. The van der Waals surface area contributed by atoms with Crippen LogP contribution in [0, 0.1) is 6.92 Å². The van der Waals surface area contributed by atoms with Crippen LogP contribution >= 0.6 is 0 Å². The van der Waals surface area contributed by atoms with Crippen LogP contribution in [0.4, 0.5) is 0 Å². The van der Waals surface area contributed by atoms with E-state index in [1.165, 1.54) is 12.8 Å². The third kappa shape index (κ3) is 2.66. The second kappa shape index (κ2) is 6.51. The van der Waals surface area contributed by atoms with E-state index >= 15 is 0 Å². The van der Waals surface area contributed by atoms with Crippen molar-refractivity contribution >= 4 is 16.9 Å². The Kier molecular flexibility index (Phi) is 3.99. The molecule has 0 N–H and O–H groups in total. The fourth-order valence-corrected chi connectivity index (χ4v) is 4.54. The van der Waals surface area contributed by atoms with Crippen molar-refractivity contribution in [3.8, 4) is 0 Å². The number of likely N-dealkylation sites (tertiary alicyclic amines) is 1. The van der Waals surface area contributed by atoms with Gasteiger partial charge in [-0.1, -0.05) is 24.6 Å². The normalized spacial score (nSPS) is 20.0. The van der Waals surface area contributed by atoms with Gasteiger partial charge in [-0.25, -0.2) is 0 Å². The third-order valence-corrected chi connectivity index (χ3v) is 5.99. The predicted octanol–water partition coefficient (Wildman–Crippen LogP) is 4.04. The van der Waals surface area contributed by atoms with E-state index in [1.807, 2.05) is 36.1 Å². The first-order chi connectivity index (χ1) is 13.2. The predicted molar refractivity (Wildman–Crippen MR) is 102 cm³/mol. The van der Waals surface area contributed by atoms with Gasteiger partial charge in [0, 0.05) is 30.5 Å². The molecular weight excluding hydrogens is 340 g/mol. The van der Waals surface area contributed by atoms with E-state index in [2.05, 4.69) is 14.8 Å². The van der Waals surface area contributed by atoms with Crippen molar-refractivity contribution in [2.24, 2.45) is 0 Å². The summed E-state index contributed by atoms with van der Waals surface area (Å²) in [6, 6.07) is 7.82. The maximum Gasteiger partial charge on any atom is 0.290 e. The molecule has 2 aromatic heterocycles. The summed E-state index contributed by atoms with van der Waals surface area (Å²) in [5.41, 5.74) is 1.69. The zero-order valence-corrected chi connectivity index (χ0v) is 15.6. The summed E-state index contributed by atoms with van der Waals surface area (Å²) in [5.74, 6) is 2.45. The molecule has 0 aliphatic carbocycles. The standard InChI is InChI=1S/C21H24N4O2/c1-14-15-8-4-5-10-17(15)27-19(14)21(26)24-13-7-9-16(24)20-23-22-18-11-3-2-6-12-25(18)20/h4-5,8,10,16H,2-3,6-7,9,11-13H2,1H3. The van der Waals surface area contributed by atoms with Crippen molar-refractivity contribution in [3.05, 3.63) is 47.2 Å². The molecule has 1 unspecified atom stereocenters. The molecular formula is C21H24N4O2. The number of para-hydroxylation sites is 1. The molecule has 1 aromatic carbocycles. The number of benzene rings is 1. The lowest BCUT2D eigenvalue weighted by Gasteiger charge is -2.24. The number of carbonyl (C=O) groups excluding carboxylic acids is 1. The summed E-state index contributed by atoms with van der Waals surface area (Å²) in [6.45, 7) is 3.66. The summed E-state index contributed by atoms with van der Waals surface area (Å²) >= 11 is 0. The number of rotatable bonds is 2. The van der Waals surface area contributed by atoms with E-state index in [0.29, 0.717) is 5.76 Å². The summed E-state index contributed by atoms with van der Waals surface area (Å²) < 4.78 is 8.20. The average molecular weight is 364 g/mol. The van der Waals surface area contributed by atoms with Gasteiger partial charge in [0.25, 0.3) is 5.91 Å². The molecule has 5 rings (SSSR count). The SMILES string of the molecule is Cc1c(C(=O)N2CCCC2c2nnc3n2CCCCC3)oc2ccccc12. The zero-order valence-electron chi connectivity index (χ0n) is 15.6. The lowest BCUT2D eigenvalue weighted by Crippen LogP contribution is -2.32. The first-order valence-electron chi connectivity index (χ1n) is 9.95. The highest BCUT2D eigenvalue weighted by Gasteiger charge is 2.36. The molecule has 6 nitrogen and oxygen atoms in total. The van der Waals surface area contributed by atoms with E-state index in [9.17, 15) is 4.79 Å². The Hall–Kier alpha value is -2.63. The largest absolute Gasteiger partial charge is 0.451 e. The number of amides is 1. The minimum Gasteiger partial charge on any atom is -0.451 e. The Bertz CT molecular complexity index is 1000. The lowest BCUT2D eigenvalue weighted by atomic mass is 10.1.